The zero-order valence-electron chi connectivity index (χ0n) is 15.0. The van der Waals surface area contributed by atoms with Gasteiger partial charge in [-0.25, -0.2) is 0 Å². The van der Waals surface area contributed by atoms with Gasteiger partial charge in [-0.3, -0.25) is 0 Å². The van der Waals surface area contributed by atoms with Crippen LogP contribution in [-0.4, -0.2) is 4.57 Å². The molecule has 0 saturated heterocycles. The standard InChI is InChI=1S/C18H14N.C5H5.2ClH.Ti/c1-13-10-16-8-4-5-9-18(16)19(13)17-11-14-6-2-3-7-15(14)12-17;1-2-4-5-3-1;;;/h2-12H,1H3;1-3H,4H2;2*1H;/q;;;;+2/p-2. The van der Waals surface area contributed by atoms with Gasteiger partial charge in [-0.05, 0) is 0 Å². The van der Waals surface area contributed by atoms with E-state index in [0.717, 1.165) is 6.42 Å². The van der Waals surface area contributed by atoms with E-state index in [1.54, 1.807) is 3.88 Å². The van der Waals surface area contributed by atoms with Crippen LogP contribution in [0, 0.1) is 6.92 Å². The van der Waals surface area contributed by atoms with Crippen LogP contribution < -0.4 is 24.8 Å². The SMILES string of the molecule is Cc1cc2ccccc2n1C1=Cc2ccccc2[CH]1[Ti+2][C]1=CC=CC1.[Cl-].[Cl-]. The molecule has 27 heavy (non-hydrogen) atoms. The molecule has 0 fully saturated rings. The van der Waals surface area contributed by atoms with Gasteiger partial charge in [0.05, 0.1) is 0 Å². The number of para-hydroxylation sites is 1. The Morgan fingerprint density at radius 3 is 2.59 bits per heavy atom. The van der Waals surface area contributed by atoms with Gasteiger partial charge in [0.1, 0.15) is 0 Å². The molecule has 1 nitrogen and oxygen atoms in total. The summed E-state index contributed by atoms with van der Waals surface area (Å²) in [7, 11) is 0. The van der Waals surface area contributed by atoms with Gasteiger partial charge >= 0.3 is 157 Å². The predicted octanol–water partition coefficient (Wildman–Crippen LogP) is -0.0632. The van der Waals surface area contributed by atoms with Gasteiger partial charge in [0.25, 0.3) is 0 Å². The summed E-state index contributed by atoms with van der Waals surface area (Å²) in [5.41, 5.74) is 7.04. The topological polar surface area (TPSA) is 4.93 Å². The zero-order valence-corrected chi connectivity index (χ0v) is 18.1. The van der Waals surface area contributed by atoms with Crippen molar-refractivity contribution in [2.45, 2.75) is 17.6 Å². The summed E-state index contributed by atoms with van der Waals surface area (Å²) in [5, 5.41) is 1.33. The van der Waals surface area contributed by atoms with Crippen LogP contribution >= 0.6 is 0 Å². The van der Waals surface area contributed by atoms with Crippen molar-refractivity contribution in [2.24, 2.45) is 0 Å². The molecule has 1 heterocycles. The number of aryl methyl sites for hydroxylation is 1. The Morgan fingerprint density at radius 1 is 1.00 bits per heavy atom. The molecule has 2 aliphatic rings. The van der Waals surface area contributed by atoms with Gasteiger partial charge in [-0.2, -0.15) is 0 Å². The molecule has 0 saturated carbocycles. The average molecular weight is 428 g/mol. The monoisotopic (exact) mass is 427 g/mol. The molecule has 3 aromatic rings. The minimum absolute atomic E-state index is 0. The van der Waals surface area contributed by atoms with Crippen LogP contribution in [0.5, 0.6) is 0 Å². The van der Waals surface area contributed by atoms with E-state index < -0.39 is 0 Å². The molecule has 2 aromatic carbocycles. The van der Waals surface area contributed by atoms with E-state index in [4.69, 9.17) is 0 Å². The molecule has 5 rings (SSSR count). The predicted molar refractivity (Wildman–Crippen MR) is 102 cm³/mol. The maximum absolute atomic E-state index is 2.49. The second-order valence-corrected chi connectivity index (χ2v) is 9.13. The van der Waals surface area contributed by atoms with E-state index in [2.05, 4.69) is 90.4 Å². The Labute approximate surface area is 181 Å². The molecular formula is C23H19Cl2NTi. The maximum Gasteiger partial charge on any atom is -1.00 e. The van der Waals surface area contributed by atoms with Crippen LogP contribution in [0.1, 0.15) is 27.5 Å². The Kier molecular flexibility index (Phi) is 6.18. The largest absolute Gasteiger partial charge is 1.00 e. The summed E-state index contributed by atoms with van der Waals surface area (Å²) >= 11 is -0.238. The quantitative estimate of drug-likeness (QED) is 0.516. The number of fused-ring (bicyclic) bond motifs is 2. The number of benzene rings is 2. The van der Waals surface area contributed by atoms with Crippen LogP contribution in [0.15, 0.2) is 76.7 Å². The number of nitrogens with zero attached hydrogens (tertiary/aromatic N) is 1. The minimum atomic E-state index is -0.238. The maximum atomic E-state index is 2.49. The molecule has 0 N–H and O–H groups in total. The fourth-order valence-electron chi connectivity index (χ4n) is 4.03. The molecule has 134 valence electrons. The first-order valence-corrected chi connectivity index (χ1v) is 10.5. The minimum Gasteiger partial charge on any atom is -1.00 e. The molecular weight excluding hydrogens is 409 g/mol. The molecule has 0 aliphatic heterocycles. The summed E-state index contributed by atoms with van der Waals surface area (Å²) in [5.74, 6) is 0. The van der Waals surface area contributed by atoms with E-state index in [-0.39, 0.29) is 44.0 Å². The molecule has 0 spiro atoms. The summed E-state index contributed by atoms with van der Waals surface area (Å²) in [4.78, 5) is 0. The van der Waals surface area contributed by atoms with Crippen LogP contribution in [0.2, 0.25) is 0 Å². The van der Waals surface area contributed by atoms with Crippen LogP contribution in [0.25, 0.3) is 22.7 Å². The number of halogens is 2. The normalized spacial score (nSPS) is 16.9. The van der Waals surface area contributed by atoms with Gasteiger partial charge in [0, 0.05) is 0 Å². The van der Waals surface area contributed by atoms with Crippen molar-refractivity contribution in [1.82, 2.24) is 4.57 Å². The van der Waals surface area contributed by atoms with Crippen LogP contribution in [-0.2, 0) is 19.2 Å². The average Bonchev–Trinajstić information content (AvgIpc) is 3.33. The van der Waals surface area contributed by atoms with Crippen molar-refractivity contribution in [2.75, 3.05) is 0 Å². The van der Waals surface area contributed by atoms with E-state index >= 15 is 0 Å². The van der Waals surface area contributed by atoms with Gasteiger partial charge in [-0.15, -0.1) is 0 Å². The van der Waals surface area contributed by atoms with Crippen molar-refractivity contribution >= 4 is 22.7 Å². The van der Waals surface area contributed by atoms with Gasteiger partial charge in [-0.1, -0.05) is 0 Å². The van der Waals surface area contributed by atoms with Crippen molar-refractivity contribution in [1.29, 1.82) is 0 Å². The number of hydrogen-bond donors (Lipinski definition) is 0. The van der Waals surface area contributed by atoms with Crippen molar-refractivity contribution < 1.29 is 44.0 Å². The fourth-order valence-corrected chi connectivity index (χ4v) is 6.49. The molecule has 1 unspecified atom stereocenters. The number of rotatable bonds is 3. The molecule has 0 bridgehead atoms. The van der Waals surface area contributed by atoms with E-state index in [1.165, 1.54) is 33.4 Å². The molecule has 0 amide bonds. The fraction of sp³-hybridized carbons (Fsp3) is 0.130. The van der Waals surface area contributed by atoms with Crippen LogP contribution in [0.4, 0.5) is 0 Å². The third-order valence-electron chi connectivity index (χ3n) is 5.16. The first-order chi connectivity index (χ1) is 12.3. The van der Waals surface area contributed by atoms with Gasteiger partial charge in [0.15, 0.2) is 0 Å². The van der Waals surface area contributed by atoms with E-state index in [9.17, 15) is 0 Å². The Bertz CT molecular complexity index is 1070. The second-order valence-electron chi connectivity index (χ2n) is 6.78. The second kappa shape index (κ2) is 8.25. The van der Waals surface area contributed by atoms with Crippen LogP contribution in [0.3, 0.4) is 0 Å². The zero-order chi connectivity index (χ0) is 16.8. The third kappa shape index (κ3) is 3.50. The Balaban J connectivity index is 0.00000105. The molecule has 1 aromatic heterocycles. The summed E-state index contributed by atoms with van der Waals surface area (Å²) in [6.45, 7) is 2.23. The molecule has 1 atom stereocenters. The summed E-state index contributed by atoms with van der Waals surface area (Å²) < 4.78 is 4.70. The Hall–Kier alpha value is -1.51. The summed E-state index contributed by atoms with van der Waals surface area (Å²) in [6, 6.07) is 20.0. The first kappa shape index (κ1) is 20.2. The number of hydrogen-bond acceptors (Lipinski definition) is 0. The molecule has 2 aliphatic carbocycles. The van der Waals surface area contributed by atoms with Crippen molar-refractivity contribution in [3.63, 3.8) is 0 Å². The van der Waals surface area contributed by atoms with Gasteiger partial charge in [0.2, 0.25) is 0 Å². The van der Waals surface area contributed by atoms with E-state index in [1.807, 2.05) is 0 Å². The van der Waals surface area contributed by atoms with Gasteiger partial charge < -0.3 is 24.8 Å². The van der Waals surface area contributed by atoms with Crippen molar-refractivity contribution in [3.05, 3.63) is 93.5 Å². The Morgan fingerprint density at radius 2 is 1.78 bits per heavy atom. The first-order valence-electron chi connectivity index (χ1n) is 8.81. The molecule has 4 heteroatoms. The molecule has 0 radical (unpaired) electrons. The summed E-state index contributed by atoms with van der Waals surface area (Å²) in [6.07, 6.45) is 10.4. The number of aromatic nitrogens is 1. The number of allylic oxidation sites excluding steroid dienone is 5. The third-order valence-corrected chi connectivity index (χ3v) is 7.72. The van der Waals surface area contributed by atoms with Crippen molar-refractivity contribution in [3.8, 4) is 0 Å². The smallest absolute Gasteiger partial charge is 1.00 e. The van der Waals surface area contributed by atoms with E-state index in [0.29, 0.717) is 4.22 Å².